The van der Waals surface area contributed by atoms with E-state index in [-0.39, 0.29) is 6.42 Å². The van der Waals surface area contributed by atoms with E-state index in [1.807, 2.05) is 0 Å². The topological polar surface area (TPSA) is 24.1 Å². The molecule has 2 N–H and O–H groups in total. The molecule has 0 amide bonds. The second-order valence-electron chi connectivity index (χ2n) is 4.86. The largest absolute Gasteiger partial charge is 0.430 e. The number of para-hydroxylation sites is 2. The van der Waals surface area contributed by atoms with E-state index in [4.69, 9.17) is 0 Å². The fourth-order valence-corrected chi connectivity index (χ4v) is 2.42. The van der Waals surface area contributed by atoms with Gasteiger partial charge in [-0.1, -0.05) is 42.5 Å². The summed E-state index contributed by atoms with van der Waals surface area (Å²) in [6.07, 6.45) is -4.59. The summed E-state index contributed by atoms with van der Waals surface area (Å²) in [5.74, 6) is 0. The average molecular weight is 278 g/mol. The highest BCUT2D eigenvalue weighted by Crippen LogP contribution is 2.44. The number of hydrogen-bond acceptors (Lipinski definition) is 2. The van der Waals surface area contributed by atoms with E-state index in [1.165, 1.54) is 0 Å². The van der Waals surface area contributed by atoms with Crippen molar-refractivity contribution >= 4 is 11.4 Å². The van der Waals surface area contributed by atoms with Crippen molar-refractivity contribution in [1.29, 1.82) is 0 Å². The minimum Gasteiger partial charge on any atom is -0.353 e. The van der Waals surface area contributed by atoms with Gasteiger partial charge in [0.2, 0.25) is 5.66 Å². The SMILES string of the molecule is FC(F)(F)C1(Cc2ccccc2)Nc2ccccc2N1. The van der Waals surface area contributed by atoms with Gasteiger partial charge < -0.3 is 10.6 Å². The summed E-state index contributed by atoms with van der Waals surface area (Å²) >= 11 is 0. The number of rotatable bonds is 2. The highest BCUT2D eigenvalue weighted by Gasteiger charge is 2.57. The van der Waals surface area contributed by atoms with E-state index < -0.39 is 11.8 Å². The predicted molar refractivity (Wildman–Crippen MR) is 72.6 cm³/mol. The number of halogens is 3. The average Bonchev–Trinajstić information content (AvgIpc) is 2.78. The minimum absolute atomic E-state index is 0.175. The quantitative estimate of drug-likeness (QED) is 0.866. The smallest absolute Gasteiger partial charge is 0.353 e. The summed E-state index contributed by atoms with van der Waals surface area (Å²) in [6, 6.07) is 15.4. The van der Waals surface area contributed by atoms with Gasteiger partial charge in [-0.3, -0.25) is 0 Å². The van der Waals surface area contributed by atoms with Crippen molar-refractivity contribution < 1.29 is 13.2 Å². The number of benzene rings is 2. The van der Waals surface area contributed by atoms with E-state index in [9.17, 15) is 13.2 Å². The Morgan fingerprint density at radius 2 is 1.30 bits per heavy atom. The third-order valence-electron chi connectivity index (χ3n) is 3.42. The van der Waals surface area contributed by atoms with Gasteiger partial charge in [-0.15, -0.1) is 0 Å². The molecule has 1 heterocycles. The van der Waals surface area contributed by atoms with Crippen LogP contribution in [-0.4, -0.2) is 11.8 Å². The van der Waals surface area contributed by atoms with Gasteiger partial charge in [-0.25, -0.2) is 0 Å². The Labute approximate surface area is 114 Å². The molecule has 0 unspecified atom stereocenters. The Bertz CT molecular complexity index is 583. The first-order valence-corrected chi connectivity index (χ1v) is 6.26. The maximum Gasteiger partial charge on any atom is 0.430 e. The van der Waals surface area contributed by atoms with Gasteiger partial charge in [0.1, 0.15) is 0 Å². The zero-order valence-electron chi connectivity index (χ0n) is 10.5. The van der Waals surface area contributed by atoms with Gasteiger partial charge in [0, 0.05) is 6.42 Å². The second kappa shape index (κ2) is 4.44. The lowest BCUT2D eigenvalue weighted by atomic mass is 9.99. The summed E-state index contributed by atoms with van der Waals surface area (Å²) in [4.78, 5) is 0. The first-order valence-electron chi connectivity index (χ1n) is 6.26. The highest BCUT2D eigenvalue weighted by molar-refractivity contribution is 5.76. The van der Waals surface area contributed by atoms with Crippen LogP contribution in [0.3, 0.4) is 0 Å². The van der Waals surface area contributed by atoms with Gasteiger partial charge in [-0.2, -0.15) is 13.2 Å². The Morgan fingerprint density at radius 1 is 0.800 bits per heavy atom. The van der Waals surface area contributed by atoms with Crippen LogP contribution in [0, 0.1) is 0 Å². The lowest BCUT2D eigenvalue weighted by Gasteiger charge is -2.33. The molecule has 0 radical (unpaired) electrons. The first-order chi connectivity index (χ1) is 9.50. The molecule has 1 aliphatic rings. The first kappa shape index (κ1) is 12.8. The lowest BCUT2D eigenvalue weighted by Crippen LogP contribution is -2.56. The van der Waals surface area contributed by atoms with Crippen molar-refractivity contribution in [3.63, 3.8) is 0 Å². The molecule has 2 nitrogen and oxygen atoms in total. The van der Waals surface area contributed by atoms with Crippen LogP contribution in [0.25, 0.3) is 0 Å². The molecule has 0 fully saturated rings. The van der Waals surface area contributed by atoms with E-state index in [0.29, 0.717) is 16.9 Å². The van der Waals surface area contributed by atoms with Crippen molar-refractivity contribution in [2.24, 2.45) is 0 Å². The molecule has 2 aromatic carbocycles. The number of anilines is 2. The van der Waals surface area contributed by atoms with Crippen LogP contribution in [0.4, 0.5) is 24.5 Å². The minimum atomic E-state index is -4.41. The van der Waals surface area contributed by atoms with Crippen molar-refractivity contribution in [2.45, 2.75) is 18.3 Å². The molecule has 0 spiro atoms. The zero-order chi connectivity index (χ0) is 14.2. The van der Waals surface area contributed by atoms with E-state index >= 15 is 0 Å². The van der Waals surface area contributed by atoms with Crippen LogP contribution in [0.1, 0.15) is 5.56 Å². The molecular formula is C15H13F3N2. The molecular weight excluding hydrogens is 265 g/mol. The van der Waals surface area contributed by atoms with E-state index in [1.54, 1.807) is 54.6 Å². The van der Waals surface area contributed by atoms with Crippen LogP contribution < -0.4 is 10.6 Å². The van der Waals surface area contributed by atoms with Crippen LogP contribution in [0.15, 0.2) is 54.6 Å². The predicted octanol–water partition coefficient (Wildman–Crippen LogP) is 4.03. The molecule has 2 aromatic rings. The summed E-state index contributed by atoms with van der Waals surface area (Å²) in [5.41, 5.74) is -0.586. The number of nitrogens with one attached hydrogen (secondary N) is 2. The Balaban J connectivity index is 1.97. The maximum atomic E-state index is 13.5. The van der Waals surface area contributed by atoms with Gasteiger partial charge in [0.25, 0.3) is 0 Å². The molecule has 0 saturated heterocycles. The van der Waals surface area contributed by atoms with Gasteiger partial charge in [-0.05, 0) is 17.7 Å². The monoisotopic (exact) mass is 278 g/mol. The molecule has 1 aliphatic heterocycles. The van der Waals surface area contributed by atoms with Crippen LogP contribution >= 0.6 is 0 Å². The Morgan fingerprint density at radius 3 is 1.80 bits per heavy atom. The molecule has 0 atom stereocenters. The Hall–Kier alpha value is -2.17. The van der Waals surface area contributed by atoms with E-state index in [2.05, 4.69) is 10.6 Å². The van der Waals surface area contributed by atoms with Gasteiger partial charge >= 0.3 is 6.18 Å². The van der Waals surface area contributed by atoms with Crippen LogP contribution in [0.5, 0.6) is 0 Å². The molecule has 0 aliphatic carbocycles. The number of alkyl halides is 3. The molecule has 104 valence electrons. The van der Waals surface area contributed by atoms with Crippen LogP contribution in [0.2, 0.25) is 0 Å². The number of hydrogen-bond donors (Lipinski definition) is 2. The van der Waals surface area contributed by atoms with Crippen molar-refractivity contribution in [3.05, 3.63) is 60.2 Å². The van der Waals surface area contributed by atoms with Crippen LogP contribution in [-0.2, 0) is 6.42 Å². The molecule has 3 rings (SSSR count). The standard InChI is InChI=1S/C15H13F3N2/c16-15(17,18)14(10-11-6-2-1-3-7-11)19-12-8-4-5-9-13(12)20-14/h1-9,19-20H,10H2. The van der Waals surface area contributed by atoms with Gasteiger partial charge in [0.05, 0.1) is 11.4 Å². The molecule has 0 saturated carbocycles. The van der Waals surface area contributed by atoms with E-state index in [0.717, 1.165) is 0 Å². The van der Waals surface area contributed by atoms with Gasteiger partial charge in [0.15, 0.2) is 0 Å². The summed E-state index contributed by atoms with van der Waals surface area (Å²) in [6.45, 7) is 0. The summed E-state index contributed by atoms with van der Waals surface area (Å²) in [7, 11) is 0. The van der Waals surface area contributed by atoms with Crippen molar-refractivity contribution in [3.8, 4) is 0 Å². The molecule has 20 heavy (non-hydrogen) atoms. The lowest BCUT2D eigenvalue weighted by molar-refractivity contribution is -0.169. The Kier molecular flexibility index (Phi) is 2.85. The molecule has 5 heteroatoms. The zero-order valence-corrected chi connectivity index (χ0v) is 10.5. The summed E-state index contributed by atoms with van der Waals surface area (Å²) in [5, 5.41) is 5.20. The molecule has 0 aromatic heterocycles. The fraction of sp³-hybridized carbons (Fsp3) is 0.200. The third-order valence-corrected chi connectivity index (χ3v) is 3.42. The third kappa shape index (κ3) is 2.09. The fourth-order valence-electron chi connectivity index (χ4n) is 2.42. The maximum absolute atomic E-state index is 13.5. The van der Waals surface area contributed by atoms with Crippen molar-refractivity contribution in [2.75, 3.05) is 10.6 Å². The van der Waals surface area contributed by atoms with Crippen molar-refractivity contribution in [1.82, 2.24) is 0 Å². The highest BCUT2D eigenvalue weighted by atomic mass is 19.4. The normalized spacial score (nSPS) is 16.1. The summed E-state index contributed by atoms with van der Waals surface area (Å²) < 4.78 is 40.6. The molecule has 0 bridgehead atoms. The number of fused-ring (bicyclic) bond motifs is 1. The second-order valence-corrected chi connectivity index (χ2v) is 4.86.